The molecule has 0 saturated heterocycles. The summed E-state index contributed by atoms with van der Waals surface area (Å²) in [6.07, 6.45) is 56.9. The smallest absolute Gasteiger partial charge is 0.119 e. The van der Waals surface area contributed by atoms with Gasteiger partial charge in [-0.25, -0.2) is 0 Å². The Morgan fingerprint density at radius 3 is 2.54 bits per heavy atom. The highest BCUT2D eigenvalue weighted by Gasteiger charge is 2.43. The molecular weight excluding hydrogens is 607 g/mol. The molecule has 1 N–H and O–H groups in total. The van der Waals surface area contributed by atoms with Crippen molar-refractivity contribution in [3.05, 3.63) is 179 Å². The first-order chi connectivity index (χ1) is 24.8. The van der Waals surface area contributed by atoms with Gasteiger partial charge in [0.1, 0.15) is 6.17 Å². The third-order valence-corrected chi connectivity index (χ3v) is 12.4. The summed E-state index contributed by atoms with van der Waals surface area (Å²) in [5.41, 5.74) is 12.9. The lowest BCUT2D eigenvalue weighted by Crippen LogP contribution is -2.50. The van der Waals surface area contributed by atoms with Crippen LogP contribution in [0.25, 0.3) is 5.57 Å². The third kappa shape index (κ3) is 5.08. The van der Waals surface area contributed by atoms with E-state index in [9.17, 15) is 0 Å². The molecule has 3 aliphatic heterocycles. The van der Waals surface area contributed by atoms with Gasteiger partial charge in [-0.05, 0) is 110 Å². The number of dihydropyridines is 1. The summed E-state index contributed by atoms with van der Waals surface area (Å²) in [5, 5.41) is 4.07. The molecule has 0 radical (unpaired) electrons. The molecule has 7 atom stereocenters. The van der Waals surface area contributed by atoms with Gasteiger partial charge in [0.05, 0.1) is 12.1 Å². The van der Waals surface area contributed by atoms with Gasteiger partial charge in [-0.1, -0.05) is 109 Å². The molecule has 10 rings (SSSR count). The van der Waals surface area contributed by atoms with Crippen LogP contribution in [-0.2, 0) is 0 Å². The van der Waals surface area contributed by atoms with E-state index < -0.39 is 0 Å². The Morgan fingerprint density at radius 1 is 0.720 bits per heavy atom. The van der Waals surface area contributed by atoms with Crippen LogP contribution in [-0.4, -0.2) is 23.1 Å². The summed E-state index contributed by atoms with van der Waals surface area (Å²) in [7, 11) is 0. The zero-order chi connectivity index (χ0) is 33.0. The van der Waals surface area contributed by atoms with E-state index in [-0.39, 0.29) is 12.2 Å². The van der Waals surface area contributed by atoms with Crippen LogP contribution in [0, 0.1) is 17.8 Å². The van der Waals surface area contributed by atoms with Gasteiger partial charge in [-0.3, -0.25) is 0 Å². The molecule has 0 saturated carbocycles. The second-order valence-corrected chi connectivity index (χ2v) is 15.3. The maximum atomic E-state index is 4.07. The summed E-state index contributed by atoms with van der Waals surface area (Å²) >= 11 is 0. The average molecular weight is 654 g/mol. The highest BCUT2D eigenvalue weighted by atomic mass is 15.3. The van der Waals surface area contributed by atoms with Gasteiger partial charge in [0.2, 0.25) is 0 Å². The molecular formula is C47H47N3. The van der Waals surface area contributed by atoms with Crippen molar-refractivity contribution in [2.45, 2.75) is 75.5 Å². The minimum Gasteiger partial charge on any atom is -0.365 e. The van der Waals surface area contributed by atoms with Gasteiger partial charge in [0.25, 0.3) is 0 Å². The van der Waals surface area contributed by atoms with Crippen molar-refractivity contribution in [1.82, 2.24) is 10.2 Å². The molecule has 6 aliphatic carbocycles. The monoisotopic (exact) mass is 653 g/mol. The van der Waals surface area contributed by atoms with Crippen molar-refractivity contribution in [3.63, 3.8) is 0 Å². The van der Waals surface area contributed by atoms with E-state index in [1.165, 1.54) is 64.2 Å². The van der Waals surface area contributed by atoms with Crippen LogP contribution in [0.4, 0.5) is 5.69 Å². The Labute approximate surface area is 297 Å². The fourth-order valence-electron chi connectivity index (χ4n) is 9.99. The molecule has 0 fully saturated rings. The number of hydrogen-bond acceptors (Lipinski definition) is 3. The second kappa shape index (κ2) is 12.5. The standard InChI is InChI=1S/C47H47N3/c1-4-14-32(15-5-1)36-29-42(33-16-6-2-7-17-33)48-47(31-36)50-44-23-13-11-21-39(44)41-28-34(25-27-45(41)50)35-24-26-40-38-20-10-12-22-43(38)49(46(40)30-35)37-18-8-3-9-19-37/h2-4,6-8,10-11,13-14,16,18,20-21,23-33,39-40,44,46-48H,1,5,9,12,15,17,19,22H2. The van der Waals surface area contributed by atoms with Crippen molar-refractivity contribution in [1.29, 1.82) is 0 Å². The number of anilines is 1. The van der Waals surface area contributed by atoms with Crippen LogP contribution in [0.15, 0.2) is 168 Å². The van der Waals surface area contributed by atoms with Crippen LogP contribution in [0.2, 0.25) is 0 Å². The van der Waals surface area contributed by atoms with Gasteiger partial charge in [0.15, 0.2) is 0 Å². The molecule has 3 heterocycles. The van der Waals surface area contributed by atoms with E-state index in [1.807, 2.05) is 0 Å². The number of hydrogen-bond donors (Lipinski definition) is 1. The summed E-state index contributed by atoms with van der Waals surface area (Å²) in [4.78, 5) is 5.39. The number of nitrogens with zero attached hydrogens (tertiary/aromatic N) is 2. The quantitative estimate of drug-likeness (QED) is 0.319. The van der Waals surface area contributed by atoms with Gasteiger partial charge in [0, 0.05) is 46.5 Å². The molecule has 3 heteroatoms. The maximum absolute atomic E-state index is 4.07. The fourth-order valence-corrected chi connectivity index (χ4v) is 9.99. The zero-order valence-electron chi connectivity index (χ0n) is 28.9. The van der Waals surface area contributed by atoms with Crippen LogP contribution in [0.1, 0.15) is 68.4 Å². The molecule has 50 heavy (non-hydrogen) atoms. The average Bonchev–Trinajstić information content (AvgIpc) is 3.71. The highest BCUT2D eigenvalue weighted by molar-refractivity contribution is 5.80. The highest BCUT2D eigenvalue weighted by Crippen LogP contribution is 2.49. The zero-order valence-corrected chi connectivity index (χ0v) is 28.9. The van der Waals surface area contributed by atoms with Crippen LogP contribution in [0.5, 0.6) is 0 Å². The van der Waals surface area contributed by atoms with Crippen molar-refractivity contribution < 1.29 is 0 Å². The third-order valence-electron chi connectivity index (χ3n) is 12.4. The molecule has 9 aliphatic rings. The summed E-state index contributed by atoms with van der Waals surface area (Å²) in [6.45, 7) is 0. The van der Waals surface area contributed by atoms with E-state index in [4.69, 9.17) is 0 Å². The molecule has 1 aromatic carbocycles. The van der Waals surface area contributed by atoms with Crippen molar-refractivity contribution in [2.24, 2.45) is 17.8 Å². The Hall–Kier alpha value is -4.76. The first kappa shape index (κ1) is 30.1. The minimum atomic E-state index is 0.0975. The van der Waals surface area contributed by atoms with E-state index >= 15 is 0 Å². The van der Waals surface area contributed by atoms with Crippen molar-refractivity contribution in [3.8, 4) is 0 Å². The Morgan fingerprint density at radius 2 is 1.66 bits per heavy atom. The first-order valence-electron chi connectivity index (χ1n) is 19.2. The number of rotatable bonds is 5. The number of benzene rings is 1. The van der Waals surface area contributed by atoms with Gasteiger partial charge >= 0.3 is 0 Å². The van der Waals surface area contributed by atoms with Gasteiger partial charge < -0.3 is 15.1 Å². The van der Waals surface area contributed by atoms with Crippen LogP contribution < -0.4 is 10.2 Å². The number of fused-ring (bicyclic) bond motifs is 5. The fraction of sp³-hybridized carbons (Fsp3) is 0.319. The Bertz CT molecular complexity index is 2000. The predicted octanol–water partition coefficient (Wildman–Crippen LogP) is 10.4. The Balaban J connectivity index is 1.01. The van der Waals surface area contributed by atoms with Crippen LogP contribution >= 0.6 is 0 Å². The summed E-state index contributed by atoms with van der Waals surface area (Å²) in [5.74, 6) is 1.64. The lowest BCUT2D eigenvalue weighted by Gasteiger charge is -2.40. The van der Waals surface area contributed by atoms with E-state index in [2.05, 4.69) is 155 Å². The van der Waals surface area contributed by atoms with Gasteiger partial charge in [-0.15, -0.1) is 0 Å². The minimum absolute atomic E-state index is 0.0975. The molecule has 0 spiro atoms. The van der Waals surface area contributed by atoms with E-state index in [0.717, 1.165) is 32.1 Å². The van der Waals surface area contributed by atoms with Gasteiger partial charge in [-0.2, -0.15) is 0 Å². The van der Waals surface area contributed by atoms with E-state index in [0.29, 0.717) is 29.7 Å². The molecule has 250 valence electrons. The number of allylic oxidation sites excluding steroid dienone is 19. The number of nitrogens with one attached hydrogen (secondary N) is 1. The summed E-state index contributed by atoms with van der Waals surface area (Å²) in [6, 6.07) is 7.96. The Kier molecular flexibility index (Phi) is 7.54. The van der Waals surface area contributed by atoms with Crippen molar-refractivity contribution >= 4 is 11.3 Å². The molecule has 0 amide bonds. The van der Waals surface area contributed by atoms with E-state index in [1.54, 1.807) is 5.70 Å². The second-order valence-electron chi connectivity index (χ2n) is 15.3. The normalized spacial score (nSPS) is 33.0. The lowest BCUT2D eigenvalue weighted by atomic mass is 9.84. The molecule has 0 aromatic heterocycles. The SMILES string of the molecule is C1=CCCC(N2C3=C(C=CCC3)C3C=CC(c4ccc5c(c4)C4C=CC=CC4N5C4C=C(C5C=CCCC5)C=C(C5C=CC=CC5)N4)=CC32)=C1. The largest absolute Gasteiger partial charge is 0.365 e. The summed E-state index contributed by atoms with van der Waals surface area (Å²) < 4.78 is 0. The molecule has 0 bridgehead atoms. The first-order valence-corrected chi connectivity index (χ1v) is 19.2. The predicted molar refractivity (Wildman–Crippen MR) is 208 cm³/mol. The van der Waals surface area contributed by atoms with Crippen molar-refractivity contribution in [2.75, 3.05) is 4.90 Å². The van der Waals surface area contributed by atoms with Crippen LogP contribution in [0.3, 0.4) is 0 Å². The topological polar surface area (TPSA) is 18.5 Å². The molecule has 1 aromatic rings. The maximum Gasteiger partial charge on any atom is 0.119 e. The lowest BCUT2D eigenvalue weighted by molar-refractivity contribution is 0.344. The molecule has 3 nitrogen and oxygen atoms in total. The molecule has 7 unspecified atom stereocenters.